The van der Waals surface area contributed by atoms with Gasteiger partial charge in [-0.05, 0) is 43.6 Å². The Labute approximate surface area is 170 Å². The van der Waals surface area contributed by atoms with Crippen molar-refractivity contribution in [2.75, 3.05) is 0 Å². The highest BCUT2D eigenvalue weighted by Gasteiger charge is 2.39. The molecule has 2 fully saturated rings. The van der Waals surface area contributed by atoms with Crippen molar-refractivity contribution in [3.05, 3.63) is 52.8 Å². The Morgan fingerprint density at radius 3 is 2.46 bits per heavy atom. The van der Waals surface area contributed by atoms with Crippen molar-refractivity contribution in [3.63, 3.8) is 0 Å². The third-order valence-electron chi connectivity index (χ3n) is 5.93. The molecule has 1 heterocycles. The summed E-state index contributed by atoms with van der Waals surface area (Å²) in [5.74, 6) is 0.765. The van der Waals surface area contributed by atoms with E-state index in [1.165, 1.54) is 17.2 Å². The molecule has 1 aromatic carbocycles. The summed E-state index contributed by atoms with van der Waals surface area (Å²) in [7, 11) is 0. The van der Waals surface area contributed by atoms with Gasteiger partial charge in [-0.3, -0.25) is 9.59 Å². The summed E-state index contributed by atoms with van der Waals surface area (Å²) in [6, 6.07) is 13.2. The molecule has 0 aliphatic heterocycles. The molecule has 0 spiro atoms. The Morgan fingerprint density at radius 2 is 1.79 bits per heavy atom. The van der Waals surface area contributed by atoms with Crippen LogP contribution in [-0.2, 0) is 11.3 Å². The number of hydrogen-bond acceptors (Lipinski definition) is 4. The topological polar surface area (TPSA) is 90.0 Å². The van der Waals surface area contributed by atoms with Crippen molar-refractivity contribution in [1.29, 1.82) is 0 Å². The van der Waals surface area contributed by atoms with Crippen LogP contribution in [0.15, 0.2) is 47.3 Å². The zero-order chi connectivity index (χ0) is 18.8. The summed E-state index contributed by atoms with van der Waals surface area (Å²) in [5, 5.41) is 7.57. The third-order valence-corrected chi connectivity index (χ3v) is 5.93. The van der Waals surface area contributed by atoms with Gasteiger partial charge in [0.25, 0.3) is 5.56 Å². The molecule has 3 N–H and O–H groups in total. The SMILES string of the molecule is Cl.NC1CC2CCCC(C1)C2NC(=O)Cn1nc(-c2ccccc2)ccc1=O. The van der Waals surface area contributed by atoms with E-state index in [1.54, 1.807) is 6.07 Å². The maximum Gasteiger partial charge on any atom is 0.267 e. The molecular formula is C21H27ClN4O2. The third kappa shape index (κ3) is 4.45. The maximum atomic E-state index is 12.7. The van der Waals surface area contributed by atoms with E-state index in [9.17, 15) is 9.59 Å². The normalized spacial score (nSPS) is 26.2. The van der Waals surface area contributed by atoms with Crippen LogP contribution in [0.5, 0.6) is 0 Å². The molecule has 4 rings (SSSR count). The fourth-order valence-corrected chi connectivity index (χ4v) is 4.72. The number of halogens is 1. The van der Waals surface area contributed by atoms with Gasteiger partial charge in [0, 0.05) is 23.7 Å². The van der Waals surface area contributed by atoms with Crippen LogP contribution in [0.2, 0.25) is 0 Å². The molecule has 0 saturated heterocycles. The van der Waals surface area contributed by atoms with Gasteiger partial charge >= 0.3 is 0 Å². The summed E-state index contributed by atoms with van der Waals surface area (Å²) in [6.45, 7) is -0.0541. The summed E-state index contributed by atoms with van der Waals surface area (Å²) in [4.78, 5) is 24.8. The number of nitrogens with zero attached hydrogens (tertiary/aromatic N) is 2. The molecule has 2 atom stereocenters. The van der Waals surface area contributed by atoms with Crippen LogP contribution in [0.1, 0.15) is 32.1 Å². The van der Waals surface area contributed by atoms with Gasteiger partial charge < -0.3 is 11.1 Å². The van der Waals surface area contributed by atoms with Crippen LogP contribution in [-0.4, -0.2) is 27.8 Å². The molecule has 2 aliphatic carbocycles. The number of carbonyl (C=O) groups is 1. The van der Waals surface area contributed by atoms with Gasteiger partial charge in [-0.2, -0.15) is 5.10 Å². The maximum absolute atomic E-state index is 12.7. The first-order valence-electron chi connectivity index (χ1n) is 9.78. The second-order valence-corrected chi connectivity index (χ2v) is 7.86. The number of benzene rings is 1. The summed E-state index contributed by atoms with van der Waals surface area (Å²) < 4.78 is 1.25. The van der Waals surface area contributed by atoms with Crippen molar-refractivity contribution in [1.82, 2.24) is 15.1 Å². The number of hydrogen-bond donors (Lipinski definition) is 2. The Bertz CT molecular complexity index is 856. The lowest BCUT2D eigenvalue weighted by Gasteiger charge is -2.45. The van der Waals surface area contributed by atoms with E-state index in [1.807, 2.05) is 30.3 Å². The zero-order valence-corrected chi connectivity index (χ0v) is 16.6. The van der Waals surface area contributed by atoms with Gasteiger partial charge in [-0.15, -0.1) is 12.4 Å². The Hall–Kier alpha value is -2.18. The molecule has 1 amide bonds. The van der Waals surface area contributed by atoms with Crippen LogP contribution < -0.4 is 16.6 Å². The van der Waals surface area contributed by atoms with Crippen molar-refractivity contribution in [3.8, 4) is 11.3 Å². The van der Waals surface area contributed by atoms with E-state index in [-0.39, 0.29) is 42.5 Å². The lowest BCUT2D eigenvalue weighted by atomic mass is 9.67. The van der Waals surface area contributed by atoms with E-state index < -0.39 is 0 Å². The van der Waals surface area contributed by atoms with Crippen LogP contribution in [0.4, 0.5) is 0 Å². The van der Waals surface area contributed by atoms with Crippen molar-refractivity contribution in [2.24, 2.45) is 17.6 Å². The molecule has 1 aromatic heterocycles. The monoisotopic (exact) mass is 402 g/mol. The highest BCUT2D eigenvalue weighted by Crippen LogP contribution is 2.39. The average molecular weight is 403 g/mol. The quantitative estimate of drug-likeness (QED) is 0.821. The van der Waals surface area contributed by atoms with Crippen LogP contribution in [0, 0.1) is 11.8 Å². The van der Waals surface area contributed by atoms with Crippen molar-refractivity contribution >= 4 is 18.3 Å². The van der Waals surface area contributed by atoms with Crippen molar-refractivity contribution in [2.45, 2.75) is 50.7 Å². The summed E-state index contributed by atoms with van der Waals surface area (Å²) in [5.41, 5.74) is 7.50. The fourth-order valence-electron chi connectivity index (χ4n) is 4.72. The van der Waals surface area contributed by atoms with Crippen LogP contribution in [0.3, 0.4) is 0 Å². The first-order valence-corrected chi connectivity index (χ1v) is 9.78. The molecule has 2 aliphatic rings. The first kappa shape index (κ1) is 20.6. The molecule has 0 radical (unpaired) electrons. The molecule has 2 saturated carbocycles. The standard InChI is InChI=1S/C21H26N4O2.ClH/c22-17-11-15-7-4-8-16(12-17)21(15)23-19(26)13-25-20(27)10-9-18(24-25)14-5-2-1-3-6-14;/h1-3,5-6,9-10,15-17,21H,4,7-8,11-13,22H2,(H,23,26);1H. The second-order valence-electron chi connectivity index (χ2n) is 7.86. The van der Waals surface area contributed by atoms with Gasteiger partial charge in [-0.25, -0.2) is 4.68 Å². The van der Waals surface area contributed by atoms with Gasteiger partial charge in [0.15, 0.2) is 0 Å². The second kappa shape index (κ2) is 8.88. The summed E-state index contributed by atoms with van der Waals surface area (Å²) in [6.07, 6.45) is 5.41. The molecular weight excluding hydrogens is 376 g/mol. The molecule has 150 valence electrons. The van der Waals surface area contributed by atoms with Gasteiger partial charge in [0.05, 0.1) is 5.69 Å². The average Bonchev–Trinajstić information content (AvgIpc) is 2.65. The van der Waals surface area contributed by atoms with E-state index in [0.29, 0.717) is 17.5 Å². The van der Waals surface area contributed by atoms with E-state index >= 15 is 0 Å². The predicted octanol–water partition coefficient (Wildman–Crippen LogP) is 2.35. The van der Waals surface area contributed by atoms with Crippen LogP contribution in [0.25, 0.3) is 11.3 Å². The fraction of sp³-hybridized carbons (Fsp3) is 0.476. The lowest BCUT2D eigenvalue weighted by molar-refractivity contribution is -0.124. The Balaban J connectivity index is 0.00000225. The number of aromatic nitrogens is 2. The largest absolute Gasteiger partial charge is 0.351 e. The number of fused-ring (bicyclic) bond motifs is 2. The number of nitrogens with two attached hydrogens (primary N) is 1. The highest BCUT2D eigenvalue weighted by atomic mass is 35.5. The number of rotatable bonds is 4. The predicted molar refractivity (Wildman–Crippen MR) is 111 cm³/mol. The van der Waals surface area contributed by atoms with E-state index in [0.717, 1.165) is 31.2 Å². The Morgan fingerprint density at radius 1 is 1.11 bits per heavy atom. The van der Waals surface area contributed by atoms with Gasteiger partial charge in [0.2, 0.25) is 5.91 Å². The minimum Gasteiger partial charge on any atom is -0.351 e. The zero-order valence-electron chi connectivity index (χ0n) is 15.8. The van der Waals surface area contributed by atoms with Gasteiger partial charge in [-0.1, -0.05) is 36.8 Å². The molecule has 6 nitrogen and oxygen atoms in total. The molecule has 2 unspecified atom stereocenters. The Kier molecular flexibility index (Phi) is 6.52. The number of amides is 1. The molecule has 7 heteroatoms. The highest BCUT2D eigenvalue weighted by molar-refractivity contribution is 5.85. The van der Waals surface area contributed by atoms with E-state index in [2.05, 4.69) is 10.4 Å². The first-order chi connectivity index (χ1) is 13.1. The van der Waals surface area contributed by atoms with Crippen molar-refractivity contribution < 1.29 is 4.79 Å². The molecule has 2 bridgehead atoms. The molecule has 2 aromatic rings. The smallest absolute Gasteiger partial charge is 0.267 e. The minimum absolute atomic E-state index is 0. The minimum atomic E-state index is -0.268. The lowest BCUT2D eigenvalue weighted by Crippen LogP contribution is -2.54. The summed E-state index contributed by atoms with van der Waals surface area (Å²) >= 11 is 0. The molecule has 28 heavy (non-hydrogen) atoms. The number of nitrogens with one attached hydrogen (secondary N) is 1. The van der Waals surface area contributed by atoms with E-state index in [4.69, 9.17) is 5.73 Å². The van der Waals surface area contributed by atoms with Gasteiger partial charge in [0.1, 0.15) is 6.54 Å². The van der Waals surface area contributed by atoms with Crippen LogP contribution >= 0.6 is 12.4 Å². The number of carbonyl (C=O) groups excluding carboxylic acids is 1.